The van der Waals surface area contributed by atoms with Crippen LogP contribution in [-0.4, -0.2) is 36.6 Å². The normalized spacial score (nSPS) is 15.9. The van der Waals surface area contributed by atoms with Gasteiger partial charge >= 0.3 is 0 Å². The average molecular weight is 249 g/mol. The van der Waals surface area contributed by atoms with Gasteiger partial charge in [-0.1, -0.05) is 18.6 Å². The van der Waals surface area contributed by atoms with E-state index in [4.69, 9.17) is 0 Å². The number of rotatable bonds is 5. The molecule has 0 saturated heterocycles. The highest BCUT2D eigenvalue weighted by Crippen LogP contribution is 2.23. The Morgan fingerprint density at radius 3 is 2.47 bits per heavy atom. The third kappa shape index (κ3) is 3.11. The van der Waals surface area contributed by atoms with Gasteiger partial charge in [-0.25, -0.2) is 0 Å². The van der Waals surface area contributed by atoms with Crippen LogP contribution < -0.4 is 0 Å². The van der Waals surface area contributed by atoms with Gasteiger partial charge in [0.2, 0.25) is 0 Å². The van der Waals surface area contributed by atoms with Crippen LogP contribution in [0.5, 0.6) is 0 Å². The van der Waals surface area contributed by atoms with Crippen LogP contribution in [0.2, 0.25) is 0 Å². The number of carbonyl (C=O) groups excluding carboxylic acids is 1. The summed E-state index contributed by atoms with van der Waals surface area (Å²) in [5.74, 6) is 0.229. The van der Waals surface area contributed by atoms with Gasteiger partial charge in [-0.2, -0.15) is 0 Å². The predicted octanol–water partition coefficient (Wildman–Crippen LogP) is 3.08. The minimum atomic E-state index is 0.229. The van der Waals surface area contributed by atoms with Gasteiger partial charge in [0.15, 0.2) is 5.78 Å². The smallest absolute Gasteiger partial charge is 0.176 e. The molecule has 0 unspecified atom stereocenters. The van der Waals surface area contributed by atoms with E-state index in [2.05, 4.69) is 11.9 Å². The highest BCUT2D eigenvalue weighted by molar-refractivity contribution is 7.98. The lowest BCUT2D eigenvalue weighted by Gasteiger charge is -2.34. The zero-order valence-corrected chi connectivity index (χ0v) is 11.3. The molecule has 0 spiro atoms. The average Bonchev–Trinajstić information content (AvgIpc) is 2.26. The van der Waals surface area contributed by atoms with Gasteiger partial charge in [0.1, 0.15) is 0 Å². The Bertz CT molecular complexity index is 384. The molecule has 0 aromatic heterocycles. The van der Waals surface area contributed by atoms with Crippen molar-refractivity contribution in [3.63, 3.8) is 0 Å². The maximum Gasteiger partial charge on any atom is 0.176 e. The van der Waals surface area contributed by atoms with Crippen molar-refractivity contribution in [1.82, 2.24) is 4.90 Å². The lowest BCUT2D eigenvalue weighted by atomic mass is 9.91. The minimum Gasteiger partial charge on any atom is -0.296 e. The number of likely N-dealkylation sites (N-methyl/N-ethyl adjacent to an activating group) is 1. The lowest BCUT2D eigenvalue weighted by molar-refractivity contribution is 0.0870. The third-order valence-electron chi connectivity index (χ3n) is 3.50. The van der Waals surface area contributed by atoms with Crippen molar-refractivity contribution in [3.8, 4) is 0 Å². The standard InChI is InChI=1S/C14H19NOS/c1-15(12-4-3-5-12)10-14(16)11-6-8-13(17-2)9-7-11/h6-9,12H,3-5,10H2,1-2H3. The first-order chi connectivity index (χ1) is 8.20. The summed E-state index contributed by atoms with van der Waals surface area (Å²) in [5, 5.41) is 0. The molecule has 1 aromatic carbocycles. The summed E-state index contributed by atoms with van der Waals surface area (Å²) in [6, 6.07) is 8.53. The summed E-state index contributed by atoms with van der Waals surface area (Å²) in [5.41, 5.74) is 0.828. The molecule has 1 saturated carbocycles. The molecule has 3 heteroatoms. The van der Waals surface area contributed by atoms with Gasteiger partial charge in [-0.15, -0.1) is 11.8 Å². The van der Waals surface area contributed by atoms with Gasteiger partial charge in [-0.05, 0) is 38.3 Å². The van der Waals surface area contributed by atoms with E-state index in [9.17, 15) is 4.79 Å². The van der Waals surface area contributed by atoms with Crippen LogP contribution in [0.25, 0.3) is 0 Å². The predicted molar refractivity (Wildman–Crippen MR) is 72.8 cm³/mol. The highest BCUT2D eigenvalue weighted by atomic mass is 32.2. The first-order valence-corrected chi connectivity index (χ1v) is 7.30. The number of Topliss-reactive ketones (excluding diaryl/α,β-unsaturated/α-hetero) is 1. The fourth-order valence-electron chi connectivity index (χ4n) is 2.05. The number of ketones is 1. The van der Waals surface area contributed by atoms with Crippen LogP contribution in [0.15, 0.2) is 29.2 Å². The molecular weight excluding hydrogens is 230 g/mol. The molecule has 0 atom stereocenters. The number of benzene rings is 1. The van der Waals surface area contributed by atoms with E-state index in [0.29, 0.717) is 12.6 Å². The Hall–Kier alpha value is -0.800. The Balaban J connectivity index is 1.93. The topological polar surface area (TPSA) is 20.3 Å². The van der Waals surface area contributed by atoms with E-state index in [1.165, 1.54) is 24.2 Å². The van der Waals surface area contributed by atoms with E-state index >= 15 is 0 Å². The van der Waals surface area contributed by atoms with Crippen LogP contribution in [0.3, 0.4) is 0 Å². The molecule has 0 amide bonds. The molecule has 1 aromatic rings. The molecule has 0 bridgehead atoms. The largest absolute Gasteiger partial charge is 0.296 e. The van der Waals surface area contributed by atoms with E-state index in [1.54, 1.807) is 11.8 Å². The van der Waals surface area contributed by atoms with Crippen molar-refractivity contribution in [2.24, 2.45) is 0 Å². The van der Waals surface area contributed by atoms with Crippen molar-refractivity contribution < 1.29 is 4.79 Å². The molecule has 0 heterocycles. The second-order valence-corrected chi connectivity index (χ2v) is 5.53. The first kappa shape index (κ1) is 12.7. The zero-order valence-electron chi connectivity index (χ0n) is 10.5. The van der Waals surface area contributed by atoms with Crippen LogP contribution >= 0.6 is 11.8 Å². The van der Waals surface area contributed by atoms with Crippen molar-refractivity contribution in [2.75, 3.05) is 19.8 Å². The van der Waals surface area contributed by atoms with E-state index in [-0.39, 0.29) is 5.78 Å². The molecule has 2 nitrogen and oxygen atoms in total. The molecule has 0 N–H and O–H groups in total. The van der Waals surface area contributed by atoms with Crippen LogP contribution in [0, 0.1) is 0 Å². The maximum atomic E-state index is 12.1. The first-order valence-electron chi connectivity index (χ1n) is 6.08. The number of hydrogen-bond donors (Lipinski definition) is 0. The quantitative estimate of drug-likeness (QED) is 0.591. The molecular formula is C14H19NOS. The van der Waals surface area contributed by atoms with Gasteiger partial charge in [0.25, 0.3) is 0 Å². The third-order valence-corrected chi connectivity index (χ3v) is 4.25. The molecule has 92 valence electrons. The fourth-order valence-corrected chi connectivity index (χ4v) is 2.46. The summed E-state index contributed by atoms with van der Waals surface area (Å²) in [6.45, 7) is 0.545. The molecule has 0 aliphatic heterocycles. The van der Waals surface area contributed by atoms with Gasteiger partial charge in [-0.3, -0.25) is 9.69 Å². The van der Waals surface area contributed by atoms with E-state index < -0.39 is 0 Å². The molecule has 0 radical (unpaired) electrons. The Labute approximate surface area is 107 Å². The van der Waals surface area contributed by atoms with Crippen LogP contribution in [-0.2, 0) is 0 Å². The number of nitrogens with zero attached hydrogens (tertiary/aromatic N) is 1. The SMILES string of the molecule is CSc1ccc(C(=O)CN(C)C2CCC2)cc1. The molecule has 1 fully saturated rings. The van der Waals surface area contributed by atoms with E-state index in [1.807, 2.05) is 30.5 Å². The van der Waals surface area contributed by atoms with Gasteiger partial charge in [0, 0.05) is 16.5 Å². The summed E-state index contributed by atoms with van der Waals surface area (Å²) in [4.78, 5) is 15.4. The van der Waals surface area contributed by atoms with Gasteiger partial charge in [0.05, 0.1) is 6.54 Å². The number of carbonyl (C=O) groups is 1. The van der Waals surface area contributed by atoms with Crippen molar-refractivity contribution in [1.29, 1.82) is 0 Å². The highest BCUT2D eigenvalue weighted by Gasteiger charge is 2.23. The Morgan fingerprint density at radius 1 is 1.35 bits per heavy atom. The second kappa shape index (κ2) is 5.69. The second-order valence-electron chi connectivity index (χ2n) is 4.65. The minimum absolute atomic E-state index is 0.229. The summed E-state index contributed by atoms with van der Waals surface area (Å²) < 4.78 is 0. The number of hydrogen-bond acceptors (Lipinski definition) is 3. The molecule has 17 heavy (non-hydrogen) atoms. The Morgan fingerprint density at radius 2 is 2.00 bits per heavy atom. The van der Waals surface area contributed by atoms with E-state index in [0.717, 1.165) is 5.56 Å². The summed E-state index contributed by atoms with van der Waals surface area (Å²) in [7, 11) is 2.05. The monoisotopic (exact) mass is 249 g/mol. The van der Waals surface area contributed by atoms with Crippen molar-refractivity contribution in [2.45, 2.75) is 30.2 Å². The van der Waals surface area contributed by atoms with Crippen molar-refractivity contribution in [3.05, 3.63) is 29.8 Å². The lowest BCUT2D eigenvalue weighted by Crippen LogP contribution is -2.40. The van der Waals surface area contributed by atoms with Crippen molar-refractivity contribution >= 4 is 17.5 Å². The molecule has 1 aliphatic carbocycles. The van der Waals surface area contributed by atoms with Crippen LogP contribution in [0.4, 0.5) is 0 Å². The fraction of sp³-hybridized carbons (Fsp3) is 0.500. The summed E-state index contributed by atoms with van der Waals surface area (Å²) >= 11 is 1.70. The zero-order chi connectivity index (χ0) is 12.3. The maximum absolute atomic E-state index is 12.1. The Kier molecular flexibility index (Phi) is 4.24. The van der Waals surface area contributed by atoms with Gasteiger partial charge < -0.3 is 0 Å². The molecule has 1 aliphatic rings. The number of thioether (sulfide) groups is 1. The molecule has 2 rings (SSSR count). The van der Waals surface area contributed by atoms with Crippen LogP contribution in [0.1, 0.15) is 29.6 Å². The summed E-state index contributed by atoms with van der Waals surface area (Å²) in [6.07, 6.45) is 5.84.